The Morgan fingerprint density at radius 2 is 2.24 bits per heavy atom. The van der Waals surface area contributed by atoms with Gasteiger partial charge in [-0.1, -0.05) is 13.8 Å². The number of nitrogens with one attached hydrogen (secondary N) is 1. The normalized spacial score (nSPS) is 15.4. The van der Waals surface area contributed by atoms with Gasteiger partial charge in [-0.05, 0) is 24.8 Å². The first-order valence-corrected chi connectivity index (χ1v) is 8.34. The molecule has 4 rings (SSSR count). The lowest BCUT2D eigenvalue weighted by atomic mass is 10.1. The molecule has 1 N–H and O–H groups in total. The van der Waals surface area contributed by atoms with Crippen LogP contribution in [0.25, 0.3) is 10.8 Å². The summed E-state index contributed by atoms with van der Waals surface area (Å²) in [6.45, 7) is 5.16. The monoisotopic (exact) mass is 301 g/mol. The lowest BCUT2D eigenvalue weighted by Gasteiger charge is -2.05. The summed E-state index contributed by atoms with van der Waals surface area (Å²) in [4.78, 5) is 5.78. The van der Waals surface area contributed by atoms with Crippen molar-refractivity contribution in [1.82, 2.24) is 24.5 Å². The van der Waals surface area contributed by atoms with Crippen LogP contribution in [0.3, 0.4) is 0 Å². The molecular weight excluding hydrogens is 282 g/mol. The van der Waals surface area contributed by atoms with Crippen LogP contribution in [-0.4, -0.2) is 25.2 Å². The molecule has 1 fully saturated rings. The summed E-state index contributed by atoms with van der Waals surface area (Å²) in [5.41, 5.74) is 2.30. The van der Waals surface area contributed by atoms with Crippen LogP contribution in [0, 0.1) is 0 Å². The van der Waals surface area contributed by atoms with E-state index in [9.17, 15) is 0 Å². The molecule has 0 unspecified atom stereocenters. The molecular formula is C15H19N5S. The summed E-state index contributed by atoms with van der Waals surface area (Å²) in [5, 5.41) is 10.3. The smallest absolute Gasteiger partial charge is 0.196 e. The quantitative estimate of drug-likeness (QED) is 0.788. The van der Waals surface area contributed by atoms with E-state index >= 15 is 0 Å². The summed E-state index contributed by atoms with van der Waals surface area (Å²) in [5.74, 6) is 1.38. The number of imidazole rings is 1. The van der Waals surface area contributed by atoms with E-state index in [1.165, 1.54) is 18.5 Å². The third kappa shape index (κ3) is 2.38. The van der Waals surface area contributed by atoms with Gasteiger partial charge >= 0.3 is 0 Å². The van der Waals surface area contributed by atoms with Crippen molar-refractivity contribution in [2.24, 2.45) is 0 Å². The number of aromatic nitrogens is 4. The van der Waals surface area contributed by atoms with Crippen molar-refractivity contribution >= 4 is 16.3 Å². The maximum absolute atomic E-state index is 4.76. The number of fused-ring (bicyclic) bond motifs is 1. The van der Waals surface area contributed by atoms with E-state index in [1.807, 2.05) is 10.9 Å². The Morgan fingerprint density at radius 1 is 1.38 bits per heavy atom. The average Bonchev–Trinajstić information content (AvgIpc) is 2.90. The van der Waals surface area contributed by atoms with E-state index < -0.39 is 0 Å². The van der Waals surface area contributed by atoms with Gasteiger partial charge in [-0.3, -0.25) is 4.40 Å². The van der Waals surface area contributed by atoms with Crippen LogP contribution in [0.15, 0.2) is 23.8 Å². The van der Waals surface area contributed by atoms with Crippen molar-refractivity contribution in [2.45, 2.75) is 45.2 Å². The molecule has 5 nitrogen and oxygen atoms in total. The SMILES string of the molecule is CC(C)c1ccn(-c2nc3sccn3c2CNC2CC2)n1. The predicted molar refractivity (Wildman–Crippen MR) is 84.1 cm³/mol. The van der Waals surface area contributed by atoms with Crippen molar-refractivity contribution in [3.63, 3.8) is 0 Å². The second-order valence-electron chi connectivity index (χ2n) is 5.93. The highest BCUT2D eigenvalue weighted by molar-refractivity contribution is 7.15. The van der Waals surface area contributed by atoms with Crippen molar-refractivity contribution < 1.29 is 0 Å². The first kappa shape index (κ1) is 13.0. The molecule has 1 aliphatic carbocycles. The van der Waals surface area contributed by atoms with Crippen LogP contribution >= 0.6 is 11.3 Å². The van der Waals surface area contributed by atoms with E-state index in [1.54, 1.807) is 11.3 Å². The highest BCUT2D eigenvalue weighted by Crippen LogP contribution is 2.24. The van der Waals surface area contributed by atoms with Gasteiger partial charge in [-0.25, -0.2) is 4.68 Å². The third-order valence-corrected chi connectivity index (χ3v) is 4.65. The van der Waals surface area contributed by atoms with Crippen LogP contribution in [0.1, 0.15) is 44.0 Å². The third-order valence-electron chi connectivity index (χ3n) is 3.89. The van der Waals surface area contributed by atoms with Gasteiger partial charge < -0.3 is 5.32 Å². The largest absolute Gasteiger partial charge is 0.308 e. The molecule has 0 bridgehead atoms. The van der Waals surface area contributed by atoms with Crippen molar-refractivity contribution in [3.05, 3.63) is 35.2 Å². The molecule has 0 aromatic carbocycles. The average molecular weight is 301 g/mol. The van der Waals surface area contributed by atoms with Crippen LogP contribution in [0.2, 0.25) is 0 Å². The Bertz CT molecular complexity index is 762. The number of rotatable bonds is 5. The maximum atomic E-state index is 4.76. The molecule has 3 aromatic heterocycles. The number of hydrogen-bond acceptors (Lipinski definition) is 4. The van der Waals surface area contributed by atoms with E-state index in [0.29, 0.717) is 12.0 Å². The molecule has 3 heterocycles. The molecule has 110 valence electrons. The van der Waals surface area contributed by atoms with Gasteiger partial charge in [-0.15, -0.1) is 11.3 Å². The molecule has 0 spiro atoms. The summed E-state index contributed by atoms with van der Waals surface area (Å²) in [6.07, 6.45) is 6.69. The van der Waals surface area contributed by atoms with Gasteiger partial charge in [-0.2, -0.15) is 10.1 Å². The zero-order valence-electron chi connectivity index (χ0n) is 12.3. The Labute approximate surface area is 127 Å². The van der Waals surface area contributed by atoms with E-state index in [4.69, 9.17) is 4.98 Å². The van der Waals surface area contributed by atoms with E-state index in [2.05, 4.69) is 46.3 Å². The lowest BCUT2D eigenvalue weighted by Crippen LogP contribution is -2.18. The molecule has 1 aliphatic rings. The molecule has 0 atom stereocenters. The first-order valence-electron chi connectivity index (χ1n) is 7.46. The molecule has 0 saturated heterocycles. The highest BCUT2D eigenvalue weighted by atomic mass is 32.1. The topological polar surface area (TPSA) is 47.1 Å². The zero-order chi connectivity index (χ0) is 14.4. The van der Waals surface area contributed by atoms with Gasteiger partial charge in [0.25, 0.3) is 0 Å². The fraction of sp³-hybridized carbons (Fsp3) is 0.467. The number of thiazole rings is 1. The predicted octanol–water partition coefficient (Wildman–Crippen LogP) is 2.96. The molecule has 1 saturated carbocycles. The number of hydrogen-bond donors (Lipinski definition) is 1. The molecule has 0 aliphatic heterocycles. The fourth-order valence-electron chi connectivity index (χ4n) is 2.46. The Kier molecular flexibility index (Phi) is 3.08. The summed E-state index contributed by atoms with van der Waals surface area (Å²) in [6, 6.07) is 2.77. The van der Waals surface area contributed by atoms with Gasteiger partial charge in [0.05, 0.1) is 11.4 Å². The van der Waals surface area contributed by atoms with Crippen molar-refractivity contribution in [3.8, 4) is 5.82 Å². The van der Waals surface area contributed by atoms with Crippen LogP contribution in [0.4, 0.5) is 0 Å². The van der Waals surface area contributed by atoms with Crippen LogP contribution < -0.4 is 5.32 Å². The zero-order valence-corrected chi connectivity index (χ0v) is 13.1. The molecule has 3 aromatic rings. The van der Waals surface area contributed by atoms with Crippen LogP contribution in [-0.2, 0) is 6.54 Å². The number of nitrogens with zero attached hydrogens (tertiary/aromatic N) is 4. The second-order valence-corrected chi connectivity index (χ2v) is 6.81. The summed E-state index contributed by atoms with van der Waals surface area (Å²) in [7, 11) is 0. The molecule has 0 radical (unpaired) electrons. The van der Waals surface area contributed by atoms with Gasteiger partial charge in [0.1, 0.15) is 0 Å². The molecule has 6 heteroatoms. The highest BCUT2D eigenvalue weighted by Gasteiger charge is 2.23. The Balaban J connectivity index is 1.74. The summed E-state index contributed by atoms with van der Waals surface area (Å²) >= 11 is 1.66. The lowest BCUT2D eigenvalue weighted by molar-refractivity contribution is 0.661. The van der Waals surface area contributed by atoms with Crippen molar-refractivity contribution in [1.29, 1.82) is 0 Å². The Hall–Kier alpha value is -1.66. The van der Waals surface area contributed by atoms with Gasteiger partial charge in [0.2, 0.25) is 0 Å². The second kappa shape index (κ2) is 4.96. The van der Waals surface area contributed by atoms with Crippen LogP contribution in [0.5, 0.6) is 0 Å². The summed E-state index contributed by atoms with van der Waals surface area (Å²) < 4.78 is 4.09. The van der Waals surface area contributed by atoms with E-state index in [-0.39, 0.29) is 0 Å². The minimum atomic E-state index is 0.433. The molecule has 0 amide bonds. The first-order chi connectivity index (χ1) is 10.2. The minimum absolute atomic E-state index is 0.433. The van der Waals surface area contributed by atoms with E-state index in [0.717, 1.165) is 23.0 Å². The van der Waals surface area contributed by atoms with Crippen molar-refractivity contribution in [2.75, 3.05) is 0 Å². The molecule has 21 heavy (non-hydrogen) atoms. The van der Waals surface area contributed by atoms with Gasteiger partial charge in [0, 0.05) is 30.4 Å². The fourth-order valence-corrected chi connectivity index (χ4v) is 3.19. The van der Waals surface area contributed by atoms with Gasteiger partial charge in [0.15, 0.2) is 10.8 Å². The maximum Gasteiger partial charge on any atom is 0.196 e. The minimum Gasteiger partial charge on any atom is -0.308 e. The standard InChI is InChI=1S/C15H19N5S/c1-10(2)12-5-6-20(18-12)14-13(9-16-11-3-4-11)19-7-8-21-15(19)17-14/h5-8,10-11,16H,3-4,9H2,1-2H3. The Morgan fingerprint density at radius 3 is 2.95 bits per heavy atom.